The molecule has 0 spiro atoms. The second-order valence-corrected chi connectivity index (χ2v) is 20.5. The van der Waals surface area contributed by atoms with Crippen LogP contribution in [0.1, 0.15) is 159 Å². The van der Waals surface area contributed by atoms with Crippen molar-refractivity contribution in [3.63, 3.8) is 0 Å². The van der Waals surface area contributed by atoms with Crippen molar-refractivity contribution >= 4 is 35.4 Å². The fourth-order valence-electron chi connectivity index (χ4n) is 8.61. The highest BCUT2D eigenvalue weighted by Gasteiger charge is 2.29. The first-order valence-electron chi connectivity index (χ1n) is 25.9. The van der Waals surface area contributed by atoms with E-state index in [1.165, 1.54) is 72.0 Å². The van der Waals surface area contributed by atoms with E-state index in [-0.39, 0.29) is 58.5 Å². The lowest BCUT2D eigenvalue weighted by Crippen LogP contribution is -2.27. The molecule has 0 aromatic rings. The molecule has 6 amide bonds. The minimum absolute atomic E-state index is 0.0477. The van der Waals surface area contributed by atoms with Gasteiger partial charge in [0.2, 0.25) is 11.8 Å². The maximum absolute atomic E-state index is 12.3. The van der Waals surface area contributed by atoms with Crippen LogP contribution in [0.5, 0.6) is 0 Å². The predicted octanol–water partition coefficient (Wildman–Crippen LogP) is 10.1. The number of unbranched alkanes of at least 4 members (excludes halogenated alkanes) is 1. The van der Waals surface area contributed by atoms with Gasteiger partial charge >= 0.3 is 0 Å². The van der Waals surface area contributed by atoms with E-state index in [0.717, 1.165) is 63.0 Å². The molecule has 14 heteroatoms. The first kappa shape index (κ1) is 62.6. The highest BCUT2D eigenvalue weighted by atomic mass is 16.5. The Bertz CT molecular complexity index is 2000. The molecule has 4 rings (SSSR count). The quantitative estimate of drug-likeness (QED) is 0.0188. The van der Waals surface area contributed by atoms with Gasteiger partial charge in [-0.1, -0.05) is 111 Å². The molecular weight excluding hydrogens is 909 g/mol. The van der Waals surface area contributed by atoms with Crippen LogP contribution < -0.4 is 21.3 Å². The monoisotopic (exact) mass is 997 g/mol. The summed E-state index contributed by atoms with van der Waals surface area (Å²) in [6, 6.07) is 0. The van der Waals surface area contributed by atoms with Crippen LogP contribution in [0.25, 0.3) is 0 Å². The average molecular weight is 997 g/mol. The number of hydrogen-bond acceptors (Lipinski definition) is 10. The summed E-state index contributed by atoms with van der Waals surface area (Å²) in [4.78, 5) is 65.6. The van der Waals surface area contributed by atoms with E-state index in [0.29, 0.717) is 13.1 Å². The van der Waals surface area contributed by atoms with E-state index >= 15 is 0 Å². The molecule has 2 fully saturated rings. The van der Waals surface area contributed by atoms with Crippen molar-refractivity contribution in [2.24, 2.45) is 10.8 Å². The van der Waals surface area contributed by atoms with E-state index in [1.807, 2.05) is 38.2 Å². The maximum Gasteiger partial charge on any atom is 0.253 e. The summed E-state index contributed by atoms with van der Waals surface area (Å²) in [7, 11) is 0. The van der Waals surface area contributed by atoms with E-state index in [2.05, 4.69) is 113 Å². The lowest BCUT2D eigenvalue weighted by molar-refractivity contribution is -0.172. The number of hydroxylamine groups is 4. The second-order valence-electron chi connectivity index (χ2n) is 20.5. The molecule has 0 unspecified atom stereocenters. The van der Waals surface area contributed by atoms with Crippen molar-refractivity contribution in [2.45, 2.75) is 159 Å². The average Bonchev–Trinajstić information content (AvgIpc) is 3.77. The number of nitrogens with one attached hydrogen (secondary N) is 4. The maximum atomic E-state index is 12.3. The minimum Gasteiger partial charge on any atom is -0.352 e. The van der Waals surface area contributed by atoms with Gasteiger partial charge in [0.05, 0.1) is 0 Å². The molecule has 2 saturated heterocycles. The van der Waals surface area contributed by atoms with Crippen LogP contribution in [0.3, 0.4) is 0 Å². The van der Waals surface area contributed by atoms with Crippen LogP contribution in [-0.2, 0) is 28.8 Å². The third-order valence-electron chi connectivity index (χ3n) is 12.9. The number of amides is 6. The van der Waals surface area contributed by atoms with Crippen molar-refractivity contribution in [2.75, 3.05) is 39.3 Å². The Kier molecular flexibility index (Phi) is 28.9. The summed E-state index contributed by atoms with van der Waals surface area (Å²) < 4.78 is 0. The summed E-state index contributed by atoms with van der Waals surface area (Å²) in [6.07, 6.45) is 36.5. The summed E-state index contributed by atoms with van der Waals surface area (Å²) >= 11 is 0. The molecule has 2 aliphatic heterocycles. The molecule has 0 atom stereocenters. The van der Waals surface area contributed by atoms with Crippen LogP contribution in [0.15, 0.2) is 117 Å². The standard InChI is InChI=1S/C50H78N4O2.2C4H5NO3/c1-39(25-27-45-43(5)23-15-29-49(45,7)8)19-13-21-41(3)37-47(55)53-35-17-33-51-31-11-12-32-52-34-18-36-54-48(56)38-42(4)22-14-20-40(2)26-28-46-44(6)24-16-30-50(46,9)10;2*6-3-1-2-4(7)5(3)8/h13-14,19-22,25-28,37-38,51-52H,11-12,15-18,23-24,29-36H2,1-10H3,(H,53,55)(H,54,56);2*8H,1-2H2/b21-13+,22-14+,27-25+,28-26+,39-19+,40-20+,41-37+,42-38+;;. The fraction of sp³-hybridized carbons (Fsp3) is 0.552. The molecule has 0 radical (unpaired) electrons. The van der Waals surface area contributed by atoms with E-state index in [1.54, 1.807) is 12.2 Å². The van der Waals surface area contributed by atoms with Gasteiger partial charge in [0.25, 0.3) is 23.6 Å². The van der Waals surface area contributed by atoms with Crippen LogP contribution in [0.4, 0.5) is 0 Å². The normalized spacial score (nSPS) is 19.1. The SMILES string of the molecule is CC1=C(/C=C/C(C)=C/C=C/C(C)=C/C(=O)NCCCNCCCCNCCCNC(=O)/C=C(C)/C=C/C=C(C)/C=C/C2=C(C)CCCC2(C)C)C(C)(C)CCC1.O=C1CCC(=O)N1O.O=C1CCC(=O)N1O. The summed E-state index contributed by atoms with van der Waals surface area (Å²) in [5, 5.41) is 30.1. The minimum atomic E-state index is -0.505. The molecule has 14 nitrogen and oxygen atoms in total. The molecule has 0 bridgehead atoms. The highest BCUT2D eigenvalue weighted by Crippen LogP contribution is 2.42. The summed E-state index contributed by atoms with van der Waals surface area (Å²) in [6.45, 7) is 27.1. The lowest BCUT2D eigenvalue weighted by Gasteiger charge is -2.33. The Morgan fingerprint density at radius 3 is 1.14 bits per heavy atom. The molecule has 0 aromatic heterocycles. The zero-order chi connectivity index (χ0) is 53.7. The van der Waals surface area contributed by atoms with Crippen molar-refractivity contribution in [1.29, 1.82) is 0 Å². The Labute approximate surface area is 431 Å². The number of hydrogen-bond donors (Lipinski definition) is 6. The van der Waals surface area contributed by atoms with Gasteiger partial charge in [-0.3, -0.25) is 39.2 Å². The zero-order valence-electron chi connectivity index (χ0n) is 45.3. The largest absolute Gasteiger partial charge is 0.352 e. The number of carbonyl (C=O) groups is 6. The van der Waals surface area contributed by atoms with Crippen molar-refractivity contribution in [1.82, 2.24) is 31.4 Å². The number of rotatable bonds is 23. The molecule has 0 aromatic carbocycles. The summed E-state index contributed by atoms with van der Waals surface area (Å²) in [5.74, 6) is -2.11. The Morgan fingerprint density at radius 2 is 0.833 bits per heavy atom. The van der Waals surface area contributed by atoms with Crippen LogP contribution >= 0.6 is 0 Å². The molecule has 2 aliphatic carbocycles. The van der Waals surface area contributed by atoms with Crippen LogP contribution in [0, 0.1) is 10.8 Å². The zero-order valence-corrected chi connectivity index (χ0v) is 45.3. The number of nitrogens with zero attached hydrogens (tertiary/aromatic N) is 2. The van der Waals surface area contributed by atoms with Crippen LogP contribution in [0.2, 0.25) is 0 Å². The van der Waals surface area contributed by atoms with Gasteiger partial charge in [0, 0.05) is 50.9 Å². The Hall–Kier alpha value is -5.54. The van der Waals surface area contributed by atoms with Crippen molar-refractivity contribution in [3.05, 3.63) is 117 Å². The van der Waals surface area contributed by atoms with E-state index in [4.69, 9.17) is 10.4 Å². The van der Waals surface area contributed by atoms with Gasteiger partial charge < -0.3 is 21.3 Å². The molecule has 2 heterocycles. The van der Waals surface area contributed by atoms with E-state index in [9.17, 15) is 28.8 Å². The topological polar surface area (TPSA) is 197 Å². The molecule has 72 heavy (non-hydrogen) atoms. The van der Waals surface area contributed by atoms with Gasteiger partial charge in [-0.15, -0.1) is 0 Å². The molecule has 0 saturated carbocycles. The smallest absolute Gasteiger partial charge is 0.253 e. The Balaban J connectivity index is 0.000000928. The molecule has 6 N–H and O–H groups in total. The van der Waals surface area contributed by atoms with Crippen LogP contribution in [-0.4, -0.2) is 95.3 Å². The predicted molar refractivity (Wildman–Crippen MR) is 288 cm³/mol. The fourth-order valence-corrected chi connectivity index (χ4v) is 8.61. The van der Waals surface area contributed by atoms with Gasteiger partial charge in [0.1, 0.15) is 0 Å². The molecule has 4 aliphatic rings. The third-order valence-corrected chi connectivity index (χ3v) is 12.9. The van der Waals surface area contributed by atoms with Gasteiger partial charge in [-0.05, 0) is 165 Å². The highest BCUT2D eigenvalue weighted by molar-refractivity contribution is 6.00. The van der Waals surface area contributed by atoms with Crippen molar-refractivity contribution < 1.29 is 39.2 Å². The second kappa shape index (κ2) is 33.2. The number of carbonyl (C=O) groups excluding carboxylic acids is 6. The van der Waals surface area contributed by atoms with E-state index < -0.39 is 23.6 Å². The lowest BCUT2D eigenvalue weighted by atomic mass is 9.72. The van der Waals surface area contributed by atoms with Gasteiger partial charge in [-0.25, -0.2) is 0 Å². The number of imide groups is 2. The Morgan fingerprint density at radius 1 is 0.500 bits per heavy atom. The third kappa shape index (κ3) is 25.2. The first-order valence-corrected chi connectivity index (χ1v) is 25.9. The van der Waals surface area contributed by atoms with Gasteiger partial charge in [-0.2, -0.15) is 10.1 Å². The molecular formula is C58H88N6O8. The summed E-state index contributed by atoms with van der Waals surface area (Å²) in [5.41, 5.74) is 10.7. The first-order chi connectivity index (χ1) is 34.0. The molecule has 398 valence electrons. The van der Waals surface area contributed by atoms with Crippen molar-refractivity contribution in [3.8, 4) is 0 Å². The van der Waals surface area contributed by atoms with Gasteiger partial charge in [0.15, 0.2) is 0 Å². The number of allylic oxidation sites excluding steroid dienone is 18.